The molecular weight excluding hydrogens is 457 g/mol. The quantitative estimate of drug-likeness (QED) is 0.516. The molecule has 2 aromatic rings. The van der Waals surface area contributed by atoms with Crippen molar-refractivity contribution in [3.63, 3.8) is 0 Å². The number of anilines is 1. The van der Waals surface area contributed by atoms with Gasteiger partial charge in [-0.25, -0.2) is 4.39 Å². The minimum absolute atomic E-state index is 0. The molecule has 1 unspecified atom stereocenters. The van der Waals surface area contributed by atoms with E-state index in [0.717, 1.165) is 24.8 Å². The van der Waals surface area contributed by atoms with Gasteiger partial charge in [0.1, 0.15) is 0 Å². The molecule has 0 saturated heterocycles. The molecule has 8 heteroatoms. The monoisotopic (exact) mass is 476 g/mol. The summed E-state index contributed by atoms with van der Waals surface area (Å²) in [4.78, 5) is 14.8. The van der Waals surface area contributed by atoms with Crippen LogP contribution < -0.4 is 5.32 Å². The number of allylic oxidation sites excluding steroid dienone is 1. The van der Waals surface area contributed by atoms with E-state index < -0.39 is 11.7 Å². The van der Waals surface area contributed by atoms with E-state index in [0.29, 0.717) is 16.6 Å². The maximum atomic E-state index is 15.1. The Morgan fingerprint density at radius 3 is 2.38 bits per heavy atom. The highest BCUT2D eigenvalue weighted by atomic mass is 35.5. The van der Waals surface area contributed by atoms with Crippen LogP contribution in [0.5, 0.6) is 0 Å². The van der Waals surface area contributed by atoms with Gasteiger partial charge in [0.15, 0.2) is 5.82 Å². The molecule has 0 heterocycles. The SMILES string of the molecule is CN(C)C1CC=C(c2cccc(NC(=O)c3c(Cl)cc(Cl)cc3Cl)c2F)CC1.Cl. The Balaban J connectivity index is 0.00000300. The minimum Gasteiger partial charge on any atom is -0.319 e. The molecule has 1 atom stereocenters. The summed E-state index contributed by atoms with van der Waals surface area (Å²) >= 11 is 18.1. The lowest BCUT2D eigenvalue weighted by Crippen LogP contribution is -2.29. The van der Waals surface area contributed by atoms with E-state index in [1.807, 2.05) is 14.1 Å². The summed E-state index contributed by atoms with van der Waals surface area (Å²) in [5.74, 6) is -1.06. The van der Waals surface area contributed by atoms with E-state index in [1.54, 1.807) is 12.1 Å². The number of nitrogens with one attached hydrogen (secondary N) is 1. The van der Waals surface area contributed by atoms with Gasteiger partial charge in [-0.05, 0) is 57.1 Å². The molecule has 0 aromatic heterocycles. The second-order valence-corrected chi connectivity index (χ2v) is 8.24. The lowest BCUT2D eigenvalue weighted by atomic mass is 9.90. The molecule has 0 radical (unpaired) electrons. The molecule has 0 fully saturated rings. The van der Waals surface area contributed by atoms with Gasteiger partial charge in [-0.1, -0.05) is 53.0 Å². The van der Waals surface area contributed by atoms with Crippen molar-refractivity contribution in [3.8, 4) is 0 Å². The van der Waals surface area contributed by atoms with Crippen LogP contribution in [0.15, 0.2) is 36.4 Å². The van der Waals surface area contributed by atoms with E-state index in [2.05, 4.69) is 16.3 Å². The number of hydrogen-bond donors (Lipinski definition) is 1. The molecule has 0 bridgehead atoms. The number of nitrogens with zero attached hydrogens (tertiary/aromatic N) is 1. The Hall–Kier alpha value is -1.30. The molecule has 1 aliphatic carbocycles. The normalized spacial score (nSPS) is 16.2. The van der Waals surface area contributed by atoms with Gasteiger partial charge in [0.05, 0.1) is 21.3 Å². The number of rotatable bonds is 4. The van der Waals surface area contributed by atoms with E-state index in [4.69, 9.17) is 34.8 Å². The average Bonchev–Trinajstić information content (AvgIpc) is 2.62. The smallest absolute Gasteiger partial charge is 0.258 e. The fraction of sp³-hybridized carbons (Fsp3) is 0.286. The van der Waals surface area contributed by atoms with Crippen LogP contribution in [-0.4, -0.2) is 30.9 Å². The minimum atomic E-state index is -0.590. The van der Waals surface area contributed by atoms with Gasteiger partial charge in [-0.15, -0.1) is 12.4 Å². The van der Waals surface area contributed by atoms with E-state index in [-0.39, 0.29) is 33.7 Å². The predicted octanol–water partition coefficient (Wildman–Crippen LogP) is 6.96. The molecule has 29 heavy (non-hydrogen) atoms. The zero-order valence-corrected chi connectivity index (χ0v) is 19.0. The van der Waals surface area contributed by atoms with E-state index >= 15 is 4.39 Å². The molecule has 2 aromatic carbocycles. The van der Waals surface area contributed by atoms with Gasteiger partial charge in [-0.3, -0.25) is 4.79 Å². The van der Waals surface area contributed by atoms with Gasteiger partial charge in [0.25, 0.3) is 5.91 Å². The highest BCUT2D eigenvalue weighted by Gasteiger charge is 2.22. The van der Waals surface area contributed by atoms with Crippen molar-refractivity contribution < 1.29 is 9.18 Å². The molecule has 3 rings (SSSR count). The number of hydrogen-bond acceptors (Lipinski definition) is 2. The van der Waals surface area contributed by atoms with Crippen LogP contribution in [0, 0.1) is 5.82 Å². The van der Waals surface area contributed by atoms with Gasteiger partial charge in [-0.2, -0.15) is 0 Å². The topological polar surface area (TPSA) is 32.3 Å². The van der Waals surface area contributed by atoms with Crippen molar-refractivity contribution in [2.75, 3.05) is 19.4 Å². The molecule has 0 aliphatic heterocycles. The fourth-order valence-corrected chi connectivity index (χ4v) is 4.34. The summed E-state index contributed by atoms with van der Waals surface area (Å²) in [6.07, 6.45) is 4.69. The standard InChI is InChI=1S/C21H20Cl3FN2O.ClH/c1-27(2)14-8-6-12(7-9-14)15-4-3-5-18(20(15)25)26-21(28)19-16(23)10-13(22)11-17(19)24;/h3-6,10-11,14H,7-9H2,1-2H3,(H,26,28);1H. The summed E-state index contributed by atoms with van der Waals surface area (Å²) in [7, 11) is 4.10. The van der Waals surface area contributed by atoms with Crippen LogP contribution in [-0.2, 0) is 0 Å². The third kappa shape index (κ3) is 5.44. The molecule has 3 nitrogen and oxygen atoms in total. The number of carbonyl (C=O) groups is 1. The lowest BCUT2D eigenvalue weighted by Gasteiger charge is -2.28. The lowest BCUT2D eigenvalue weighted by molar-refractivity contribution is 0.102. The Kier molecular flexibility index (Phi) is 8.38. The van der Waals surface area contributed by atoms with Gasteiger partial charge >= 0.3 is 0 Å². The van der Waals surface area contributed by atoms with Gasteiger partial charge in [0.2, 0.25) is 0 Å². The Bertz CT molecular complexity index is 923. The van der Waals surface area contributed by atoms with Crippen LogP contribution in [0.3, 0.4) is 0 Å². The number of amides is 1. The Labute approximate surface area is 191 Å². The van der Waals surface area contributed by atoms with Gasteiger partial charge in [0, 0.05) is 16.6 Å². The molecular formula is C21H21Cl4FN2O. The van der Waals surface area contributed by atoms with Crippen molar-refractivity contribution in [1.29, 1.82) is 0 Å². The summed E-state index contributed by atoms with van der Waals surface area (Å²) < 4.78 is 15.1. The van der Waals surface area contributed by atoms with Crippen molar-refractivity contribution in [1.82, 2.24) is 4.90 Å². The molecule has 0 spiro atoms. The summed E-state index contributed by atoms with van der Waals surface area (Å²) in [6, 6.07) is 8.27. The Morgan fingerprint density at radius 1 is 1.17 bits per heavy atom. The predicted molar refractivity (Wildman–Crippen MR) is 122 cm³/mol. The summed E-state index contributed by atoms with van der Waals surface area (Å²) in [6.45, 7) is 0. The molecule has 156 valence electrons. The summed E-state index contributed by atoms with van der Waals surface area (Å²) in [5, 5.41) is 3.11. The number of carbonyl (C=O) groups excluding carboxylic acids is 1. The zero-order chi connectivity index (χ0) is 20.4. The van der Waals surface area contributed by atoms with Crippen LogP contribution in [0.2, 0.25) is 15.1 Å². The second-order valence-electron chi connectivity index (χ2n) is 6.99. The van der Waals surface area contributed by atoms with E-state index in [1.165, 1.54) is 18.2 Å². The largest absolute Gasteiger partial charge is 0.319 e. The number of benzene rings is 2. The highest BCUT2D eigenvalue weighted by molar-refractivity contribution is 6.42. The van der Waals surface area contributed by atoms with Crippen molar-refractivity contribution in [2.24, 2.45) is 0 Å². The van der Waals surface area contributed by atoms with Crippen LogP contribution in [0.4, 0.5) is 10.1 Å². The Morgan fingerprint density at radius 2 is 1.83 bits per heavy atom. The third-order valence-corrected chi connectivity index (χ3v) is 5.75. The van der Waals surface area contributed by atoms with Crippen molar-refractivity contribution in [2.45, 2.75) is 25.3 Å². The molecule has 1 N–H and O–H groups in total. The van der Waals surface area contributed by atoms with Crippen molar-refractivity contribution >= 4 is 64.4 Å². The first-order valence-electron chi connectivity index (χ1n) is 8.88. The maximum absolute atomic E-state index is 15.1. The van der Waals surface area contributed by atoms with Crippen LogP contribution >= 0.6 is 47.2 Å². The molecule has 0 saturated carbocycles. The average molecular weight is 478 g/mol. The molecule has 1 aliphatic rings. The van der Waals surface area contributed by atoms with Gasteiger partial charge < -0.3 is 10.2 Å². The molecule has 1 amide bonds. The highest BCUT2D eigenvalue weighted by Crippen LogP contribution is 2.34. The fourth-order valence-electron chi connectivity index (χ4n) is 3.35. The first-order chi connectivity index (χ1) is 13.3. The second kappa shape index (κ2) is 10.1. The zero-order valence-electron chi connectivity index (χ0n) is 15.9. The number of halogens is 5. The first-order valence-corrected chi connectivity index (χ1v) is 10.0. The van der Waals surface area contributed by atoms with E-state index in [9.17, 15) is 4.79 Å². The van der Waals surface area contributed by atoms with Crippen LogP contribution in [0.25, 0.3) is 5.57 Å². The van der Waals surface area contributed by atoms with Crippen LogP contribution in [0.1, 0.15) is 35.2 Å². The first kappa shape index (κ1) is 24.0. The third-order valence-electron chi connectivity index (χ3n) is 4.94. The maximum Gasteiger partial charge on any atom is 0.258 e. The van der Waals surface area contributed by atoms with Crippen molar-refractivity contribution in [3.05, 3.63) is 68.4 Å². The summed E-state index contributed by atoms with van der Waals surface area (Å²) in [5.41, 5.74) is 1.60.